The molecule has 0 N–H and O–H groups in total. The van der Waals surface area contributed by atoms with Crippen LogP contribution in [-0.2, 0) is 0 Å². The van der Waals surface area contributed by atoms with Crippen LogP contribution < -0.4 is 0 Å². The van der Waals surface area contributed by atoms with E-state index in [0.717, 1.165) is 5.56 Å². The Hall–Kier alpha value is -3.06. The SMILES string of the molecule is [C-]#[N+]c1ccc(-c2ccc(-c3ccc(C=O)o3)o2)cc1. The van der Waals surface area contributed by atoms with Crippen molar-refractivity contribution < 1.29 is 13.6 Å². The van der Waals surface area contributed by atoms with Crippen molar-refractivity contribution in [2.75, 3.05) is 0 Å². The van der Waals surface area contributed by atoms with Crippen molar-refractivity contribution in [2.24, 2.45) is 0 Å². The fourth-order valence-electron chi connectivity index (χ4n) is 1.87. The van der Waals surface area contributed by atoms with Gasteiger partial charge in [-0.15, -0.1) is 0 Å². The molecule has 2 aromatic heterocycles. The first-order chi connectivity index (χ1) is 9.80. The molecule has 0 aliphatic heterocycles. The standard InChI is InChI=1S/C16H9NO3/c1-17-12-4-2-11(3-5-12)14-8-9-16(20-14)15-7-6-13(10-18)19-15/h2-10H. The van der Waals surface area contributed by atoms with Gasteiger partial charge in [0.25, 0.3) is 0 Å². The van der Waals surface area contributed by atoms with Gasteiger partial charge in [0.1, 0.15) is 5.76 Å². The van der Waals surface area contributed by atoms with E-state index in [4.69, 9.17) is 15.4 Å². The minimum Gasteiger partial charge on any atom is -0.453 e. The van der Waals surface area contributed by atoms with Gasteiger partial charge in [0.2, 0.25) is 0 Å². The molecule has 1 aromatic carbocycles. The molecule has 0 radical (unpaired) electrons. The Kier molecular flexibility index (Phi) is 2.94. The summed E-state index contributed by atoms with van der Waals surface area (Å²) in [5.41, 5.74) is 1.47. The van der Waals surface area contributed by atoms with E-state index in [1.165, 1.54) is 0 Å². The smallest absolute Gasteiger partial charge is 0.187 e. The van der Waals surface area contributed by atoms with Crippen LogP contribution in [0.5, 0.6) is 0 Å². The number of furan rings is 2. The number of nitrogens with zero attached hydrogens (tertiary/aromatic N) is 1. The van der Waals surface area contributed by atoms with E-state index in [9.17, 15) is 4.79 Å². The number of carbonyl (C=O) groups excluding carboxylic acids is 1. The molecule has 0 unspecified atom stereocenters. The van der Waals surface area contributed by atoms with E-state index in [1.54, 1.807) is 30.3 Å². The fourth-order valence-corrected chi connectivity index (χ4v) is 1.87. The normalized spacial score (nSPS) is 10.2. The highest BCUT2D eigenvalue weighted by atomic mass is 16.4. The van der Waals surface area contributed by atoms with E-state index in [-0.39, 0.29) is 5.76 Å². The van der Waals surface area contributed by atoms with Crippen LogP contribution in [0.3, 0.4) is 0 Å². The van der Waals surface area contributed by atoms with Crippen molar-refractivity contribution in [1.82, 2.24) is 0 Å². The Morgan fingerprint density at radius 2 is 1.50 bits per heavy atom. The van der Waals surface area contributed by atoms with E-state index in [0.29, 0.717) is 29.3 Å². The molecule has 0 aliphatic rings. The molecule has 0 atom stereocenters. The summed E-state index contributed by atoms with van der Waals surface area (Å²) < 4.78 is 11.0. The topological polar surface area (TPSA) is 47.7 Å². The first-order valence-electron chi connectivity index (χ1n) is 5.93. The van der Waals surface area contributed by atoms with E-state index in [1.807, 2.05) is 18.2 Å². The van der Waals surface area contributed by atoms with Crippen LogP contribution in [-0.4, -0.2) is 6.29 Å². The molecule has 3 rings (SSSR count). The summed E-state index contributed by atoms with van der Waals surface area (Å²) in [6, 6.07) is 14.0. The summed E-state index contributed by atoms with van der Waals surface area (Å²) in [5.74, 6) is 2.01. The summed E-state index contributed by atoms with van der Waals surface area (Å²) in [6.45, 7) is 6.92. The average Bonchev–Trinajstić information content (AvgIpc) is 3.16. The third-order valence-electron chi connectivity index (χ3n) is 2.87. The van der Waals surface area contributed by atoms with E-state index >= 15 is 0 Å². The van der Waals surface area contributed by atoms with Crippen LogP contribution in [0.4, 0.5) is 5.69 Å². The van der Waals surface area contributed by atoms with Crippen LogP contribution in [0, 0.1) is 6.57 Å². The van der Waals surface area contributed by atoms with Crippen molar-refractivity contribution in [3.63, 3.8) is 0 Å². The summed E-state index contributed by atoms with van der Waals surface area (Å²) >= 11 is 0. The van der Waals surface area contributed by atoms with Crippen molar-refractivity contribution in [1.29, 1.82) is 0 Å². The van der Waals surface area contributed by atoms with Crippen LogP contribution >= 0.6 is 0 Å². The van der Waals surface area contributed by atoms with Crippen LogP contribution in [0.1, 0.15) is 10.6 Å². The number of carbonyl (C=O) groups is 1. The van der Waals surface area contributed by atoms with Gasteiger partial charge in [-0.2, -0.15) is 0 Å². The molecule has 0 spiro atoms. The van der Waals surface area contributed by atoms with Crippen LogP contribution in [0.15, 0.2) is 57.4 Å². The molecule has 0 fully saturated rings. The maximum Gasteiger partial charge on any atom is 0.187 e. The van der Waals surface area contributed by atoms with Gasteiger partial charge in [-0.25, -0.2) is 4.85 Å². The van der Waals surface area contributed by atoms with Gasteiger partial charge in [0.15, 0.2) is 29.3 Å². The van der Waals surface area contributed by atoms with Gasteiger partial charge in [0.05, 0.1) is 6.57 Å². The zero-order valence-corrected chi connectivity index (χ0v) is 10.4. The molecular formula is C16H9NO3. The number of benzene rings is 1. The first kappa shape index (κ1) is 12.0. The second kappa shape index (κ2) is 4.90. The maximum atomic E-state index is 10.6. The lowest BCUT2D eigenvalue weighted by atomic mass is 10.1. The molecule has 0 saturated heterocycles. The second-order valence-electron chi connectivity index (χ2n) is 4.14. The third kappa shape index (κ3) is 2.13. The number of aldehydes is 1. The third-order valence-corrected chi connectivity index (χ3v) is 2.87. The highest BCUT2D eigenvalue weighted by molar-refractivity contribution is 5.72. The van der Waals surface area contributed by atoms with Gasteiger partial charge in [0, 0.05) is 5.56 Å². The molecule has 4 nitrogen and oxygen atoms in total. The number of rotatable bonds is 3. The summed E-state index contributed by atoms with van der Waals surface area (Å²) in [4.78, 5) is 13.9. The Morgan fingerprint density at radius 1 is 0.850 bits per heavy atom. The molecular weight excluding hydrogens is 254 g/mol. The summed E-state index contributed by atoms with van der Waals surface area (Å²) in [5, 5.41) is 0. The Bertz CT molecular complexity index is 788. The Balaban J connectivity index is 1.93. The molecule has 2 heterocycles. The lowest BCUT2D eigenvalue weighted by Crippen LogP contribution is -1.72. The van der Waals surface area contributed by atoms with Gasteiger partial charge in [-0.05, 0) is 24.3 Å². The monoisotopic (exact) mass is 263 g/mol. The molecule has 96 valence electrons. The predicted molar refractivity (Wildman–Crippen MR) is 73.5 cm³/mol. The molecule has 3 aromatic rings. The van der Waals surface area contributed by atoms with Crippen LogP contribution in [0.25, 0.3) is 27.7 Å². The molecule has 0 aliphatic carbocycles. The zero-order chi connectivity index (χ0) is 13.9. The minimum absolute atomic E-state index is 0.263. The van der Waals surface area contributed by atoms with Crippen molar-refractivity contribution in [2.45, 2.75) is 0 Å². The number of hydrogen-bond donors (Lipinski definition) is 0. The van der Waals surface area contributed by atoms with Gasteiger partial charge in [-0.3, -0.25) is 4.79 Å². The lowest BCUT2D eigenvalue weighted by Gasteiger charge is -1.97. The van der Waals surface area contributed by atoms with E-state index in [2.05, 4.69) is 4.85 Å². The quantitative estimate of drug-likeness (QED) is 0.513. The molecule has 0 saturated carbocycles. The number of hydrogen-bond acceptors (Lipinski definition) is 3. The summed E-state index contributed by atoms with van der Waals surface area (Å²) in [6.07, 6.45) is 0.649. The molecule has 20 heavy (non-hydrogen) atoms. The minimum atomic E-state index is 0.263. The van der Waals surface area contributed by atoms with Gasteiger partial charge >= 0.3 is 0 Å². The highest BCUT2D eigenvalue weighted by Crippen LogP contribution is 2.30. The van der Waals surface area contributed by atoms with Crippen molar-refractivity contribution in [3.8, 4) is 22.8 Å². The lowest BCUT2D eigenvalue weighted by molar-refractivity contribution is 0.110. The van der Waals surface area contributed by atoms with Crippen molar-refractivity contribution >= 4 is 12.0 Å². The largest absolute Gasteiger partial charge is 0.453 e. The van der Waals surface area contributed by atoms with Crippen molar-refractivity contribution in [3.05, 3.63) is 65.7 Å². The fraction of sp³-hybridized carbons (Fsp3) is 0. The van der Waals surface area contributed by atoms with Crippen LogP contribution in [0.2, 0.25) is 0 Å². The first-order valence-corrected chi connectivity index (χ1v) is 5.93. The predicted octanol–water partition coefficient (Wildman–Crippen LogP) is 4.57. The second-order valence-corrected chi connectivity index (χ2v) is 4.14. The average molecular weight is 263 g/mol. The molecule has 0 amide bonds. The Morgan fingerprint density at radius 3 is 2.15 bits per heavy atom. The van der Waals surface area contributed by atoms with Gasteiger partial charge in [-0.1, -0.05) is 24.3 Å². The summed E-state index contributed by atoms with van der Waals surface area (Å²) in [7, 11) is 0. The Labute approximate surface area is 115 Å². The van der Waals surface area contributed by atoms with E-state index < -0.39 is 0 Å². The molecule has 4 heteroatoms. The maximum absolute atomic E-state index is 10.6. The zero-order valence-electron chi connectivity index (χ0n) is 10.4. The van der Waals surface area contributed by atoms with Gasteiger partial charge < -0.3 is 8.83 Å². The highest BCUT2D eigenvalue weighted by Gasteiger charge is 2.10. The molecule has 0 bridgehead atoms.